The summed E-state index contributed by atoms with van der Waals surface area (Å²) in [7, 11) is 0. The van der Waals surface area contributed by atoms with Crippen LogP contribution in [0, 0.1) is 0 Å². The van der Waals surface area contributed by atoms with Crippen molar-refractivity contribution in [3.8, 4) is 78.7 Å². The van der Waals surface area contributed by atoms with Crippen LogP contribution in [-0.2, 0) is 0 Å². The average Bonchev–Trinajstić information content (AvgIpc) is 3.92. The lowest BCUT2D eigenvalue weighted by atomic mass is 9.94. The van der Waals surface area contributed by atoms with Crippen molar-refractivity contribution in [2.75, 3.05) is 0 Å². The van der Waals surface area contributed by atoms with Crippen molar-refractivity contribution in [3.63, 3.8) is 0 Å². The SMILES string of the molecule is c1ccc(-c2cccc(-c3nc(-c4cc(-c5ccc6oc7ccccc7c6c5)cc(-c5ccc6oc7ccccc7c6c5)c4)nc(-c4ccccc4-c4cccnc4)n3)c2)cc1. The maximum Gasteiger partial charge on any atom is 0.164 e. The number of furan rings is 2. The van der Waals surface area contributed by atoms with Gasteiger partial charge in [-0.3, -0.25) is 4.98 Å². The average molecular weight is 795 g/mol. The van der Waals surface area contributed by atoms with Crippen LogP contribution in [0.15, 0.2) is 215 Å². The highest BCUT2D eigenvalue weighted by Gasteiger charge is 2.19. The van der Waals surface area contributed by atoms with E-state index >= 15 is 0 Å². The molecular formula is C56H34N4O2. The van der Waals surface area contributed by atoms with E-state index < -0.39 is 0 Å². The quantitative estimate of drug-likeness (QED) is 0.160. The highest BCUT2D eigenvalue weighted by atomic mass is 16.3. The van der Waals surface area contributed by atoms with Gasteiger partial charge in [-0.1, -0.05) is 127 Å². The highest BCUT2D eigenvalue weighted by molar-refractivity contribution is 6.07. The zero-order valence-corrected chi connectivity index (χ0v) is 33.2. The fourth-order valence-corrected chi connectivity index (χ4v) is 8.58. The van der Waals surface area contributed by atoms with Gasteiger partial charge in [-0.15, -0.1) is 0 Å². The molecule has 290 valence electrons. The molecule has 0 fully saturated rings. The number of nitrogens with zero attached hydrogens (tertiary/aromatic N) is 4. The Morgan fingerprint density at radius 1 is 0.274 bits per heavy atom. The van der Waals surface area contributed by atoms with Gasteiger partial charge >= 0.3 is 0 Å². The number of para-hydroxylation sites is 2. The monoisotopic (exact) mass is 794 g/mol. The van der Waals surface area contributed by atoms with E-state index in [0.29, 0.717) is 17.5 Å². The first-order chi connectivity index (χ1) is 30.7. The minimum atomic E-state index is 0.559. The summed E-state index contributed by atoms with van der Waals surface area (Å²) in [6.45, 7) is 0. The maximum atomic E-state index is 6.25. The maximum absolute atomic E-state index is 6.25. The number of benzene rings is 8. The van der Waals surface area contributed by atoms with Crippen LogP contribution in [0.5, 0.6) is 0 Å². The third kappa shape index (κ3) is 6.30. The van der Waals surface area contributed by atoms with E-state index in [-0.39, 0.29) is 0 Å². The van der Waals surface area contributed by atoms with E-state index in [9.17, 15) is 0 Å². The Kier molecular flexibility index (Phi) is 8.38. The molecular weight excluding hydrogens is 761 g/mol. The third-order valence-electron chi connectivity index (χ3n) is 11.6. The summed E-state index contributed by atoms with van der Waals surface area (Å²) in [6, 6.07) is 66.9. The summed E-state index contributed by atoms with van der Waals surface area (Å²) in [5.41, 5.74) is 14.4. The molecule has 0 N–H and O–H groups in total. The number of pyridine rings is 1. The van der Waals surface area contributed by atoms with Crippen LogP contribution in [0.2, 0.25) is 0 Å². The molecule has 6 nitrogen and oxygen atoms in total. The van der Waals surface area contributed by atoms with Gasteiger partial charge in [0.15, 0.2) is 17.5 Å². The second kappa shape index (κ2) is 14.7. The standard InChI is InChI=1S/C56H34N4O2/c1-2-12-35(13-3-1)36-14-10-15-39(28-36)54-58-55(60-56(59-54)47-20-5-4-17-44(47)40-16-11-27-57-34-40)43-30-41(37-23-25-52-48(32-37)45-18-6-8-21-50(45)61-52)29-42(31-43)38-24-26-53-49(33-38)46-19-7-9-22-51(46)62-53/h1-34H. The van der Waals surface area contributed by atoms with Crippen molar-refractivity contribution >= 4 is 43.9 Å². The molecule has 0 aliphatic heterocycles. The summed E-state index contributed by atoms with van der Waals surface area (Å²) in [5, 5.41) is 4.28. The lowest BCUT2D eigenvalue weighted by Gasteiger charge is -2.14. The molecule has 0 unspecified atom stereocenters. The number of hydrogen-bond donors (Lipinski definition) is 0. The zero-order valence-electron chi connectivity index (χ0n) is 33.2. The molecule has 0 spiro atoms. The van der Waals surface area contributed by atoms with Crippen molar-refractivity contribution < 1.29 is 8.83 Å². The smallest absolute Gasteiger partial charge is 0.164 e. The molecule has 0 bridgehead atoms. The summed E-state index contributed by atoms with van der Waals surface area (Å²) in [5.74, 6) is 1.70. The van der Waals surface area contributed by atoms with Gasteiger partial charge < -0.3 is 8.83 Å². The van der Waals surface area contributed by atoms with E-state index in [1.54, 1.807) is 6.20 Å². The molecule has 12 aromatic rings. The van der Waals surface area contributed by atoms with Crippen LogP contribution < -0.4 is 0 Å². The molecule has 0 radical (unpaired) electrons. The van der Waals surface area contributed by atoms with Crippen LogP contribution in [0.3, 0.4) is 0 Å². The molecule has 4 aromatic heterocycles. The van der Waals surface area contributed by atoms with E-state index in [0.717, 1.165) is 105 Å². The number of fused-ring (bicyclic) bond motifs is 6. The molecule has 8 aromatic carbocycles. The van der Waals surface area contributed by atoms with E-state index in [1.807, 2.05) is 54.7 Å². The Morgan fingerprint density at radius 3 is 1.42 bits per heavy atom. The molecule has 0 saturated carbocycles. The number of rotatable bonds is 7. The minimum Gasteiger partial charge on any atom is -0.456 e. The van der Waals surface area contributed by atoms with E-state index in [4.69, 9.17) is 23.8 Å². The van der Waals surface area contributed by atoms with Crippen LogP contribution in [0.1, 0.15) is 0 Å². The molecule has 0 atom stereocenters. The highest BCUT2D eigenvalue weighted by Crippen LogP contribution is 2.39. The van der Waals surface area contributed by atoms with Crippen LogP contribution in [-0.4, -0.2) is 19.9 Å². The lowest BCUT2D eigenvalue weighted by Crippen LogP contribution is -2.01. The second-order valence-corrected chi connectivity index (χ2v) is 15.5. The van der Waals surface area contributed by atoms with Crippen LogP contribution >= 0.6 is 0 Å². The van der Waals surface area contributed by atoms with Crippen molar-refractivity contribution in [2.45, 2.75) is 0 Å². The fourth-order valence-electron chi connectivity index (χ4n) is 8.58. The Morgan fingerprint density at radius 2 is 0.758 bits per heavy atom. The Labute approximate surface area is 356 Å². The van der Waals surface area contributed by atoms with Gasteiger partial charge in [0.25, 0.3) is 0 Å². The van der Waals surface area contributed by atoms with Gasteiger partial charge in [0.1, 0.15) is 22.3 Å². The first-order valence-corrected chi connectivity index (χ1v) is 20.6. The van der Waals surface area contributed by atoms with Crippen LogP contribution in [0.4, 0.5) is 0 Å². The molecule has 0 amide bonds. The normalized spacial score (nSPS) is 11.5. The topological polar surface area (TPSA) is 77.8 Å². The Hall–Kier alpha value is -8.48. The largest absolute Gasteiger partial charge is 0.456 e. The molecule has 6 heteroatoms. The molecule has 12 rings (SSSR count). The van der Waals surface area contributed by atoms with Crippen molar-refractivity contribution in [1.29, 1.82) is 0 Å². The zero-order chi connectivity index (χ0) is 41.0. The number of hydrogen-bond acceptors (Lipinski definition) is 6. The Bertz CT molecular complexity index is 3520. The van der Waals surface area contributed by atoms with Crippen molar-refractivity contribution in [2.24, 2.45) is 0 Å². The summed E-state index contributed by atoms with van der Waals surface area (Å²) in [6.07, 6.45) is 3.66. The number of aromatic nitrogens is 4. The first kappa shape index (κ1) is 35.5. The predicted molar refractivity (Wildman–Crippen MR) is 250 cm³/mol. The van der Waals surface area contributed by atoms with Gasteiger partial charge in [0.2, 0.25) is 0 Å². The van der Waals surface area contributed by atoms with Gasteiger partial charge in [0, 0.05) is 56.2 Å². The van der Waals surface area contributed by atoms with Gasteiger partial charge in [-0.05, 0) is 106 Å². The lowest BCUT2D eigenvalue weighted by molar-refractivity contribution is 0.668. The third-order valence-corrected chi connectivity index (χ3v) is 11.6. The minimum absolute atomic E-state index is 0.559. The predicted octanol–water partition coefficient (Wildman–Crippen LogP) is 14.7. The van der Waals surface area contributed by atoms with Crippen LogP contribution in [0.25, 0.3) is 123 Å². The van der Waals surface area contributed by atoms with E-state index in [1.165, 1.54) is 0 Å². The van der Waals surface area contributed by atoms with Gasteiger partial charge in [0.05, 0.1) is 0 Å². The molecule has 0 saturated heterocycles. The Balaban J connectivity index is 1.10. The first-order valence-electron chi connectivity index (χ1n) is 20.6. The molecule has 0 aliphatic carbocycles. The summed E-state index contributed by atoms with van der Waals surface area (Å²) in [4.78, 5) is 20.3. The van der Waals surface area contributed by atoms with E-state index in [2.05, 4.69) is 151 Å². The molecule has 4 heterocycles. The van der Waals surface area contributed by atoms with Crippen molar-refractivity contribution in [1.82, 2.24) is 19.9 Å². The molecule has 62 heavy (non-hydrogen) atoms. The molecule has 0 aliphatic rings. The summed E-state index contributed by atoms with van der Waals surface area (Å²) < 4.78 is 12.5. The summed E-state index contributed by atoms with van der Waals surface area (Å²) >= 11 is 0. The fraction of sp³-hybridized carbons (Fsp3) is 0. The van der Waals surface area contributed by atoms with Gasteiger partial charge in [-0.25, -0.2) is 15.0 Å². The second-order valence-electron chi connectivity index (χ2n) is 15.5. The van der Waals surface area contributed by atoms with Gasteiger partial charge in [-0.2, -0.15) is 0 Å². The van der Waals surface area contributed by atoms with Crippen molar-refractivity contribution in [3.05, 3.63) is 207 Å².